The fraction of sp³-hybridized carbons (Fsp3) is 0.706. The molecule has 2 rings (SSSR count). The van der Waals surface area contributed by atoms with Crippen LogP contribution in [0.15, 0.2) is 17.2 Å². The van der Waals surface area contributed by atoms with Crippen molar-refractivity contribution in [1.82, 2.24) is 10.3 Å². The minimum absolute atomic E-state index is 0.0786. The molecule has 0 aliphatic heterocycles. The predicted octanol–water partition coefficient (Wildman–Crippen LogP) is 3.46. The van der Waals surface area contributed by atoms with E-state index in [0.717, 1.165) is 36.5 Å². The Balaban J connectivity index is 2.03. The average Bonchev–Trinajstić information content (AvgIpc) is 2.44. The van der Waals surface area contributed by atoms with Crippen molar-refractivity contribution in [2.75, 3.05) is 13.2 Å². The summed E-state index contributed by atoms with van der Waals surface area (Å²) in [5.41, 5.74) is 2.29. The summed E-state index contributed by atoms with van der Waals surface area (Å²) in [7, 11) is 0. The largest absolute Gasteiger partial charge is 0.394 e. The number of nitrogens with zero attached hydrogens (tertiary/aromatic N) is 1. The van der Waals surface area contributed by atoms with Crippen LogP contribution in [-0.2, 0) is 0 Å². The van der Waals surface area contributed by atoms with Crippen molar-refractivity contribution < 1.29 is 5.11 Å². The minimum Gasteiger partial charge on any atom is -0.394 e. The average molecular weight is 308 g/mol. The molecule has 0 spiro atoms. The maximum absolute atomic E-state index is 9.85. The number of rotatable bonds is 6. The summed E-state index contributed by atoms with van der Waals surface area (Å²) in [6.07, 6.45) is 5.62. The Morgan fingerprint density at radius 1 is 1.43 bits per heavy atom. The lowest BCUT2D eigenvalue weighted by atomic mass is 9.82. The topological polar surface area (TPSA) is 45.1 Å². The van der Waals surface area contributed by atoms with E-state index in [0.29, 0.717) is 5.25 Å². The van der Waals surface area contributed by atoms with Gasteiger partial charge in [-0.3, -0.25) is 0 Å². The van der Waals surface area contributed by atoms with Crippen LogP contribution in [0.25, 0.3) is 0 Å². The van der Waals surface area contributed by atoms with Crippen LogP contribution >= 0.6 is 11.8 Å². The van der Waals surface area contributed by atoms with Gasteiger partial charge in [-0.25, -0.2) is 4.98 Å². The molecule has 1 aromatic heterocycles. The summed E-state index contributed by atoms with van der Waals surface area (Å²) in [6, 6.07) is 4.29. The molecule has 2 N–H and O–H groups in total. The third-order valence-electron chi connectivity index (χ3n) is 4.21. The summed E-state index contributed by atoms with van der Waals surface area (Å²) in [4.78, 5) is 4.64. The third-order valence-corrected chi connectivity index (χ3v) is 5.40. The lowest BCUT2D eigenvalue weighted by Crippen LogP contribution is -2.52. The smallest absolute Gasteiger partial charge is 0.0968 e. The Kier molecular flexibility index (Phi) is 6.08. The van der Waals surface area contributed by atoms with Crippen molar-refractivity contribution in [3.05, 3.63) is 23.4 Å². The fourth-order valence-corrected chi connectivity index (χ4v) is 4.67. The van der Waals surface area contributed by atoms with Gasteiger partial charge in [-0.2, -0.15) is 0 Å². The molecule has 0 amide bonds. The van der Waals surface area contributed by atoms with E-state index < -0.39 is 0 Å². The van der Waals surface area contributed by atoms with Gasteiger partial charge < -0.3 is 10.4 Å². The molecule has 0 radical (unpaired) electrons. The number of hydrogen-bond donors (Lipinski definition) is 2. The molecule has 118 valence electrons. The molecule has 0 bridgehead atoms. The zero-order chi connectivity index (χ0) is 15.3. The van der Waals surface area contributed by atoms with Gasteiger partial charge in [0.25, 0.3) is 0 Å². The van der Waals surface area contributed by atoms with Crippen LogP contribution in [0.5, 0.6) is 0 Å². The molecule has 1 aromatic rings. The zero-order valence-corrected chi connectivity index (χ0v) is 14.3. The molecule has 21 heavy (non-hydrogen) atoms. The SMILES string of the molecule is CCCNC1(CO)CCCC(Sc2cc(C)cc(C)n2)C1. The predicted molar refractivity (Wildman–Crippen MR) is 89.9 cm³/mol. The van der Waals surface area contributed by atoms with Crippen molar-refractivity contribution in [1.29, 1.82) is 0 Å². The van der Waals surface area contributed by atoms with Crippen LogP contribution in [0, 0.1) is 13.8 Å². The lowest BCUT2D eigenvalue weighted by Gasteiger charge is -2.40. The first-order chi connectivity index (χ1) is 10.1. The van der Waals surface area contributed by atoms with Crippen molar-refractivity contribution in [3.8, 4) is 0 Å². The van der Waals surface area contributed by atoms with Gasteiger partial charge in [0.2, 0.25) is 0 Å². The van der Waals surface area contributed by atoms with E-state index in [2.05, 4.69) is 43.2 Å². The Morgan fingerprint density at radius 2 is 2.24 bits per heavy atom. The second-order valence-electron chi connectivity index (χ2n) is 6.33. The van der Waals surface area contributed by atoms with Crippen molar-refractivity contribution in [2.24, 2.45) is 0 Å². The molecule has 4 heteroatoms. The number of aromatic nitrogens is 1. The number of aliphatic hydroxyl groups is 1. The molecule has 0 saturated heterocycles. The second kappa shape index (κ2) is 7.61. The van der Waals surface area contributed by atoms with Gasteiger partial charge >= 0.3 is 0 Å². The van der Waals surface area contributed by atoms with Gasteiger partial charge in [0.05, 0.1) is 11.6 Å². The van der Waals surface area contributed by atoms with Gasteiger partial charge in [0, 0.05) is 16.5 Å². The zero-order valence-electron chi connectivity index (χ0n) is 13.5. The molecular weight excluding hydrogens is 280 g/mol. The van der Waals surface area contributed by atoms with Gasteiger partial charge in [-0.15, -0.1) is 11.8 Å². The highest BCUT2D eigenvalue weighted by Gasteiger charge is 2.35. The van der Waals surface area contributed by atoms with E-state index in [1.165, 1.54) is 18.4 Å². The van der Waals surface area contributed by atoms with Crippen LogP contribution in [0.2, 0.25) is 0 Å². The second-order valence-corrected chi connectivity index (χ2v) is 7.65. The molecule has 1 aliphatic carbocycles. The highest BCUT2D eigenvalue weighted by atomic mass is 32.2. The maximum atomic E-state index is 9.85. The van der Waals surface area contributed by atoms with Crippen molar-refractivity contribution >= 4 is 11.8 Å². The summed E-state index contributed by atoms with van der Waals surface area (Å²) >= 11 is 1.88. The Labute approximate surface area is 132 Å². The Morgan fingerprint density at radius 3 is 2.90 bits per heavy atom. The molecule has 1 saturated carbocycles. The van der Waals surface area contributed by atoms with E-state index in [4.69, 9.17) is 0 Å². The number of thioether (sulfide) groups is 1. The van der Waals surface area contributed by atoms with E-state index in [-0.39, 0.29) is 12.1 Å². The van der Waals surface area contributed by atoms with Crippen LogP contribution < -0.4 is 5.32 Å². The van der Waals surface area contributed by atoms with E-state index in [1.54, 1.807) is 0 Å². The Bertz CT molecular complexity index is 446. The number of aryl methyl sites for hydroxylation is 2. The highest BCUT2D eigenvalue weighted by Crippen LogP contribution is 2.37. The van der Waals surface area contributed by atoms with E-state index in [1.807, 2.05) is 11.8 Å². The summed E-state index contributed by atoms with van der Waals surface area (Å²) in [5.74, 6) is 0. The van der Waals surface area contributed by atoms with E-state index >= 15 is 0 Å². The van der Waals surface area contributed by atoms with Crippen molar-refractivity contribution in [3.63, 3.8) is 0 Å². The Hall–Kier alpha value is -0.580. The van der Waals surface area contributed by atoms with Crippen LogP contribution in [0.3, 0.4) is 0 Å². The molecule has 1 heterocycles. The fourth-order valence-electron chi connectivity index (χ4n) is 3.19. The van der Waals surface area contributed by atoms with Crippen LogP contribution in [-0.4, -0.2) is 34.0 Å². The van der Waals surface area contributed by atoms with Crippen LogP contribution in [0.1, 0.15) is 50.3 Å². The third kappa shape index (κ3) is 4.70. The number of pyridine rings is 1. The normalized spacial score (nSPS) is 26.0. The van der Waals surface area contributed by atoms with Crippen LogP contribution in [0.4, 0.5) is 0 Å². The quantitative estimate of drug-likeness (QED) is 0.845. The minimum atomic E-state index is -0.0786. The first-order valence-electron chi connectivity index (χ1n) is 8.05. The van der Waals surface area contributed by atoms with Gasteiger partial charge in [0.15, 0.2) is 0 Å². The standard InChI is InChI=1S/C17H28N2OS/c1-4-8-18-17(12-20)7-5-6-15(11-17)21-16-10-13(2)9-14(3)19-16/h9-10,15,18,20H,4-8,11-12H2,1-3H3. The lowest BCUT2D eigenvalue weighted by molar-refractivity contribution is 0.124. The molecule has 1 fully saturated rings. The van der Waals surface area contributed by atoms with Crippen molar-refractivity contribution in [2.45, 2.75) is 68.7 Å². The molecule has 0 aromatic carbocycles. The highest BCUT2D eigenvalue weighted by molar-refractivity contribution is 7.99. The summed E-state index contributed by atoms with van der Waals surface area (Å²) in [5, 5.41) is 15.1. The summed E-state index contributed by atoms with van der Waals surface area (Å²) < 4.78 is 0. The monoisotopic (exact) mass is 308 g/mol. The first kappa shape index (κ1) is 16.8. The summed E-state index contributed by atoms with van der Waals surface area (Å²) in [6.45, 7) is 7.58. The molecule has 2 unspecified atom stereocenters. The van der Waals surface area contributed by atoms with Gasteiger partial charge in [0.1, 0.15) is 0 Å². The number of hydrogen-bond acceptors (Lipinski definition) is 4. The maximum Gasteiger partial charge on any atom is 0.0968 e. The van der Waals surface area contributed by atoms with E-state index in [9.17, 15) is 5.11 Å². The molecule has 1 aliphatic rings. The molecule has 2 atom stereocenters. The number of aliphatic hydroxyl groups excluding tert-OH is 1. The molecular formula is C17H28N2OS. The van der Waals surface area contributed by atoms with Gasteiger partial charge in [-0.05, 0) is 63.8 Å². The molecule has 3 nitrogen and oxygen atoms in total. The first-order valence-corrected chi connectivity index (χ1v) is 8.93. The number of nitrogens with one attached hydrogen (secondary N) is 1. The van der Waals surface area contributed by atoms with Gasteiger partial charge in [-0.1, -0.05) is 13.3 Å².